The molecule has 0 saturated carbocycles. The van der Waals surface area contributed by atoms with Gasteiger partial charge in [0.25, 0.3) is 0 Å². The summed E-state index contributed by atoms with van der Waals surface area (Å²) < 4.78 is 4.75. The third-order valence-electron chi connectivity index (χ3n) is 19.6. The van der Waals surface area contributed by atoms with Crippen molar-refractivity contribution in [3.63, 3.8) is 0 Å². The molecule has 2 atom stereocenters. The van der Waals surface area contributed by atoms with Crippen molar-refractivity contribution in [3.8, 4) is 101 Å². The summed E-state index contributed by atoms with van der Waals surface area (Å²) in [6.07, 6.45) is 0. The number of aromatic nitrogens is 6. The molecule has 438 valence electrons. The van der Waals surface area contributed by atoms with Gasteiger partial charge in [-0.3, -0.25) is 0 Å². The van der Waals surface area contributed by atoms with Crippen LogP contribution in [0.4, 0.5) is 0 Å². The number of fused-ring (bicyclic) bond motifs is 6. The van der Waals surface area contributed by atoms with E-state index in [1.54, 1.807) is 0 Å². The summed E-state index contributed by atoms with van der Waals surface area (Å²) in [6.45, 7) is 0. The molecule has 4 heterocycles. The smallest absolute Gasteiger partial charge is 0.160 e. The van der Waals surface area contributed by atoms with Gasteiger partial charge in [-0.15, -0.1) is 0 Å². The maximum absolute atomic E-state index is 5.45. The van der Waals surface area contributed by atoms with Crippen LogP contribution in [0.3, 0.4) is 0 Å². The Morgan fingerprint density at radius 1 is 0.213 bits per heavy atom. The minimum Gasteiger partial charge on any atom is -0.309 e. The second-order valence-electron chi connectivity index (χ2n) is 24.8. The molecule has 3 aliphatic carbocycles. The lowest BCUT2D eigenvalue weighted by Gasteiger charge is -2.42. The van der Waals surface area contributed by atoms with Gasteiger partial charge in [-0.2, -0.15) is 0 Å². The predicted octanol–water partition coefficient (Wildman–Crippen LogP) is 21.8. The first kappa shape index (κ1) is 53.5. The molecule has 2 bridgehead atoms. The van der Waals surface area contributed by atoms with Crippen LogP contribution >= 0.6 is 0 Å². The van der Waals surface area contributed by atoms with Gasteiger partial charge in [0.2, 0.25) is 0 Å². The van der Waals surface area contributed by atoms with E-state index in [1.165, 1.54) is 88.1 Å². The molecule has 0 saturated heterocycles. The van der Waals surface area contributed by atoms with Gasteiger partial charge in [0.15, 0.2) is 11.6 Å². The number of hydrogen-bond donors (Lipinski definition) is 0. The van der Waals surface area contributed by atoms with Crippen molar-refractivity contribution < 1.29 is 0 Å². The summed E-state index contributed by atoms with van der Waals surface area (Å²) in [4.78, 5) is 21.7. The van der Waals surface area contributed by atoms with Gasteiger partial charge in [0.1, 0.15) is 0 Å². The second kappa shape index (κ2) is 21.7. The highest BCUT2D eigenvalue weighted by atomic mass is 15.0. The predicted molar refractivity (Wildman–Crippen MR) is 385 cm³/mol. The van der Waals surface area contributed by atoms with Gasteiger partial charge in [-0.1, -0.05) is 255 Å². The molecular formula is C88H56N6. The van der Waals surface area contributed by atoms with E-state index in [0.717, 1.165) is 78.7 Å². The molecule has 0 N–H and O–H groups in total. The third-order valence-corrected chi connectivity index (χ3v) is 19.6. The van der Waals surface area contributed by atoms with Crippen LogP contribution in [0.5, 0.6) is 0 Å². The molecule has 0 fully saturated rings. The topological polar surface area (TPSA) is 61.4 Å². The van der Waals surface area contributed by atoms with Gasteiger partial charge in [-0.25, -0.2) is 19.9 Å². The Kier molecular flexibility index (Phi) is 12.3. The molecule has 4 aromatic heterocycles. The molecule has 17 aromatic rings. The molecule has 13 aromatic carbocycles. The Morgan fingerprint density at radius 2 is 0.521 bits per heavy atom. The van der Waals surface area contributed by atoms with Crippen LogP contribution in [0.2, 0.25) is 0 Å². The lowest BCUT2D eigenvalue weighted by Crippen LogP contribution is -2.27. The van der Waals surface area contributed by atoms with Crippen LogP contribution in [-0.4, -0.2) is 29.1 Å². The van der Waals surface area contributed by atoms with Gasteiger partial charge in [0.05, 0.1) is 44.8 Å². The molecule has 20 rings (SSSR count). The van der Waals surface area contributed by atoms with E-state index in [0.29, 0.717) is 11.6 Å². The molecule has 6 heteroatoms. The van der Waals surface area contributed by atoms with Crippen LogP contribution in [0.1, 0.15) is 45.2 Å². The van der Waals surface area contributed by atoms with Crippen molar-refractivity contribution in [1.29, 1.82) is 0 Å². The van der Waals surface area contributed by atoms with E-state index in [-0.39, 0.29) is 11.8 Å². The first-order valence-electron chi connectivity index (χ1n) is 32.2. The van der Waals surface area contributed by atoms with Crippen LogP contribution in [0.25, 0.3) is 145 Å². The SMILES string of the molecule is c1ccc(-c2cc(-c3ccc(-c4cccc5c4c4ccccc4n5-c4ccccc4)cc3)nc(-c3ccc4c(c3)C3c5ccccc5C4c4cc(-c5nc(-c6ccccc6)cc(-c6ccc(-c7cccc8c7c7ccccc7n8-c7ccccc7)cc6)n5)ccc43)n2)cc1. The quantitative estimate of drug-likeness (QED) is 0.137. The maximum atomic E-state index is 5.45. The fourth-order valence-electron chi connectivity index (χ4n) is 15.3. The zero-order valence-electron chi connectivity index (χ0n) is 51.0. The molecule has 0 amide bonds. The zero-order valence-corrected chi connectivity index (χ0v) is 51.0. The van der Waals surface area contributed by atoms with Crippen LogP contribution < -0.4 is 0 Å². The van der Waals surface area contributed by atoms with Crippen molar-refractivity contribution in [2.75, 3.05) is 0 Å². The fraction of sp³-hybridized carbons (Fsp3) is 0.0227. The molecule has 3 aliphatic rings. The highest BCUT2D eigenvalue weighted by Crippen LogP contribution is 2.57. The average Bonchev–Trinajstić information content (AvgIpc) is 0.974. The molecular weight excluding hydrogens is 1140 g/mol. The van der Waals surface area contributed by atoms with E-state index >= 15 is 0 Å². The van der Waals surface area contributed by atoms with Gasteiger partial charge in [0, 0.05) is 78.1 Å². The molecule has 0 aliphatic heterocycles. The summed E-state index contributed by atoms with van der Waals surface area (Å²) in [7, 11) is 0. The number of hydrogen-bond acceptors (Lipinski definition) is 4. The van der Waals surface area contributed by atoms with Crippen LogP contribution in [-0.2, 0) is 0 Å². The molecule has 0 spiro atoms. The normalized spacial score (nSPS) is 13.7. The molecule has 94 heavy (non-hydrogen) atoms. The minimum atomic E-state index is 0.00192. The number of benzene rings is 13. The van der Waals surface area contributed by atoms with Gasteiger partial charge in [-0.05, 0) is 128 Å². The first-order chi connectivity index (χ1) is 46.6. The summed E-state index contributed by atoms with van der Waals surface area (Å²) >= 11 is 0. The Balaban J connectivity index is 0.681. The first-order valence-corrected chi connectivity index (χ1v) is 32.2. The van der Waals surface area contributed by atoms with E-state index in [1.807, 2.05) is 0 Å². The standard InChI is InChI=1S/C88H56N6/c1-5-21-57(22-6-1)75-53-77(59-43-39-55(40-44-59)65-33-19-37-81-85(65)71-31-15-17-35-79(71)93(81)63-25-9-3-10-26-63)91-87(89-75)61-47-49-69-73(51-61)83-67-29-13-14-30-68(67)84(69)74-52-62(48-50-70(74)83)88-90-76(58-23-7-2-8-24-58)54-78(92-88)60-45-41-56(42-46-60)66-34-20-38-82-86(66)72-32-16-18-36-80(72)94(82)64-27-11-4-12-28-64/h1-54,83-84H. The molecule has 6 nitrogen and oxygen atoms in total. The van der Waals surface area contributed by atoms with E-state index in [4.69, 9.17) is 19.9 Å². The Morgan fingerprint density at radius 3 is 0.926 bits per heavy atom. The lowest BCUT2D eigenvalue weighted by molar-refractivity contribution is 0.754. The van der Waals surface area contributed by atoms with Gasteiger partial charge >= 0.3 is 0 Å². The number of rotatable bonds is 10. The molecule has 0 radical (unpaired) electrons. The van der Waals surface area contributed by atoms with Gasteiger partial charge < -0.3 is 9.13 Å². The summed E-state index contributed by atoms with van der Waals surface area (Å²) in [5.74, 6) is 1.39. The highest BCUT2D eigenvalue weighted by Gasteiger charge is 2.42. The Bertz CT molecular complexity index is 5470. The monoisotopic (exact) mass is 1200 g/mol. The maximum Gasteiger partial charge on any atom is 0.160 e. The summed E-state index contributed by atoms with van der Waals surface area (Å²) in [5.41, 5.74) is 29.1. The highest BCUT2D eigenvalue weighted by molar-refractivity contribution is 6.17. The van der Waals surface area contributed by atoms with Crippen molar-refractivity contribution in [1.82, 2.24) is 29.1 Å². The second-order valence-corrected chi connectivity index (χ2v) is 24.8. The lowest BCUT2D eigenvalue weighted by atomic mass is 9.61. The van der Waals surface area contributed by atoms with E-state index in [2.05, 4.69) is 337 Å². The van der Waals surface area contributed by atoms with Crippen LogP contribution in [0, 0.1) is 0 Å². The zero-order chi connectivity index (χ0) is 61.8. The number of nitrogens with zero attached hydrogens (tertiary/aromatic N) is 6. The fourth-order valence-corrected chi connectivity index (χ4v) is 15.3. The van der Waals surface area contributed by atoms with Crippen molar-refractivity contribution in [2.45, 2.75) is 11.8 Å². The van der Waals surface area contributed by atoms with Crippen LogP contribution in [0.15, 0.2) is 328 Å². The van der Waals surface area contributed by atoms with E-state index in [9.17, 15) is 0 Å². The van der Waals surface area contributed by atoms with Crippen molar-refractivity contribution >= 4 is 43.6 Å². The third kappa shape index (κ3) is 8.64. The Hall–Kier alpha value is -12.4. The van der Waals surface area contributed by atoms with Crippen molar-refractivity contribution in [3.05, 3.63) is 361 Å². The van der Waals surface area contributed by atoms with E-state index < -0.39 is 0 Å². The largest absolute Gasteiger partial charge is 0.309 e. The summed E-state index contributed by atoms with van der Waals surface area (Å²) in [5, 5.41) is 4.93. The Labute approximate surface area is 543 Å². The minimum absolute atomic E-state index is 0.00192. The number of para-hydroxylation sites is 4. The van der Waals surface area contributed by atoms with Crippen molar-refractivity contribution in [2.24, 2.45) is 0 Å². The molecule has 2 unspecified atom stereocenters. The average molecular weight is 1200 g/mol. The summed E-state index contributed by atoms with van der Waals surface area (Å²) in [6, 6.07) is 118.